The first-order valence-corrected chi connectivity index (χ1v) is 3.32. The molecule has 0 saturated carbocycles. The van der Waals surface area contributed by atoms with E-state index in [4.69, 9.17) is 5.53 Å². The molecule has 0 amide bonds. The summed E-state index contributed by atoms with van der Waals surface area (Å²) in [6.07, 6.45) is 0.997. The summed E-state index contributed by atoms with van der Waals surface area (Å²) in [5.41, 5.74) is 7.02. The Balaban J connectivity index is 3.59. The quantitative estimate of drug-likeness (QED) is 0.555. The Hall–Kier alpha value is -0.400. The fourth-order valence-electron chi connectivity index (χ4n) is 0.932. The predicted molar refractivity (Wildman–Crippen MR) is 38.7 cm³/mol. The van der Waals surface area contributed by atoms with Crippen molar-refractivity contribution in [2.75, 3.05) is 0 Å². The molecule has 1 atom stereocenters. The molecule has 1 N–H and O–H groups in total. The zero-order chi connectivity index (χ0) is 7.49. The van der Waals surface area contributed by atoms with Crippen molar-refractivity contribution in [2.24, 2.45) is 10.5 Å². The average Bonchev–Trinajstić information content (AvgIpc) is 1.62. The highest BCUT2D eigenvalue weighted by Crippen LogP contribution is 2.21. The molecule has 0 aromatic rings. The van der Waals surface area contributed by atoms with E-state index in [2.05, 4.69) is 25.9 Å². The van der Waals surface area contributed by atoms with Gasteiger partial charge in [0, 0.05) is 0 Å². The fraction of sp³-hybridized carbons (Fsp3) is 1.00. The average molecular weight is 128 g/mol. The van der Waals surface area contributed by atoms with Crippen LogP contribution in [0.3, 0.4) is 0 Å². The van der Waals surface area contributed by atoms with Gasteiger partial charge in [-0.15, -0.1) is 0 Å². The maximum Gasteiger partial charge on any atom is 0.0682 e. The summed E-state index contributed by atoms with van der Waals surface area (Å²) >= 11 is 0. The molecule has 0 fully saturated rings. The molecule has 0 rings (SSSR count). The van der Waals surface area contributed by atoms with Crippen LogP contribution >= 0.6 is 0 Å². The van der Waals surface area contributed by atoms with Gasteiger partial charge in [-0.25, -0.2) is 5.53 Å². The second-order valence-corrected chi connectivity index (χ2v) is 3.74. The van der Waals surface area contributed by atoms with E-state index < -0.39 is 0 Å². The molecular weight excluding hydrogens is 112 g/mol. The van der Waals surface area contributed by atoms with Crippen molar-refractivity contribution in [1.82, 2.24) is 0 Å². The van der Waals surface area contributed by atoms with Crippen LogP contribution in [0.2, 0.25) is 0 Å². The van der Waals surface area contributed by atoms with E-state index >= 15 is 0 Å². The summed E-state index contributed by atoms with van der Waals surface area (Å²) in [6.45, 7) is 8.45. The van der Waals surface area contributed by atoms with E-state index in [0.717, 1.165) is 6.42 Å². The maximum atomic E-state index is 6.71. The van der Waals surface area contributed by atoms with Crippen molar-refractivity contribution in [2.45, 2.75) is 40.2 Å². The Morgan fingerprint density at radius 3 is 2.00 bits per heavy atom. The van der Waals surface area contributed by atoms with Crippen molar-refractivity contribution in [3.8, 4) is 0 Å². The molecule has 0 aliphatic heterocycles. The molecule has 0 aliphatic rings. The zero-order valence-electron chi connectivity index (χ0n) is 6.73. The second kappa shape index (κ2) is 2.95. The summed E-state index contributed by atoms with van der Waals surface area (Å²) in [6, 6.07) is 0.185. The van der Waals surface area contributed by atoms with E-state index in [1.807, 2.05) is 6.92 Å². The lowest BCUT2D eigenvalue weighted by atomic mass is 9.89. The van der Waals surface area contributed by atoms with Crippen LogP contribution in [0.15, 0.2) is 5.11 Å². The molecule has 9 heavy (non-hydrogen) atoms. The number of hydrogen-bond acceptors (Lipinski definition) is 2. The Kier molecular flexibility index (Phi) is 2.82. The number of hydrogen-bond donors (Lipinski definition) is 1. The summed E-state index contributed by atoms with van der Waals surface area (Å²) in [5, 5.41) is 3.42. The van der Waals surface area contributed by atoms with E-state index in [1.165, 1.54) is 0 Å². The Morgan fingerprint density at radius 2 is 1.89 bits per heavy atom. The van der Waals surface area contributed by atoms with Gasteiger partial charge in [0.25, 0.3) is 0 Å². The molecular formula is C7H16N2. The van der Waals surface area contributed by atoms with Crippen molar-refractivity contribution in [3.63, 3.8) is 0 Å². The van der Waals surface area contributed by atoms with Crippen molar-refractivity contribution < 1.29 is 0 Å². The van der Waals surface area contributed by atoms with Crippen LogP contribution in [-0.2, 0) is 0 Å². The first-order valence-electron chi connectivity index (χ1n) is 3.32. The van der Waals surface area contributed by atoms with Crippen LogP contribution in [0.25, 0.3) is 0 Å². The molecule has 0 aliphatic carbocycles. The van der Waals surface area contributed by atoms with Gasteiger partial charge in [0.1, 0.15) is 0 Å². The summed E-state index contributed by atoms with van der Waals surface area (Å²) in [5.74, 6) is 0. The lowest BCUT2D eigenvalue weighted by molar-refractivity contribution is 0.343. The Bertz CT molecular complexity index is 91.6. The van der Waals surface area contributed by atoms with Gasteiger partial charge in [0.05, 0.1) is 6.04 Å². The lowest BCUT2D eigenvalue weighted by Gasteiger charge is -2.19. The molecule has 0 saturated heterocycles. The minimum absolute atomic E-state index is 0.185. The van der Waals surface area contributed by atoms with Crippen LogP contribution in [0.4, 0.5) is 0 Å². The first-order chi connectivity index (χ1) is 3.95. The topological polar surface area (TPSA) is 36.2 Å². The lowest BCUT2D eigenvalue weighted by Crippen LogP contribution is -2.12. The Morgan fingerprint density at radius 1 is 1.44 bits per heavy atom. The van der Waals surface area contributed by atoms with Gasteiger partial charge >= 0.3 is 0 Å². The van der Waals surface area contributed by atoms with E-state index in [0.29, 0.717) is 5.41 Å². The number of nitrogens with zero attached hydrogens (tertiary/aromatic N) is 1. The van der Waals surface area contributed by atoms with Gasteiger partial charge in [0.2, 0.25) is 0 Å². The largest absolute Gasteiger partial charge is 0.210 e. The van der Waals surface area contributed by atoms with Gasteiger partial charge in [0.15, 0.2) is 0 Å². The smallest absolute Gasteiger partial charge is 0.0682 e. The third-order valence-electron chi connectivity index (χ3n) is 1.13. The molecule has 0 aromatic carbocycles. The second-order valence-electron chi connectivity index (χ2n) is 3.74. The standard InChI is InChI=1S/C7H16N2/c1-6(9-8)5-7(2,3)4/h6,8H,5H2,1-4H3. The highest BCUT2D eigenvalue weighted by molar-refractivity contribution is 4.68. The van der Waals surface area contributed by atoms with E-state index in [9.17, 15) is 0 Å². The van der Waals surface area contributed by atoms with Crippen LogP contribution < -0.4 is 0 Å². The van der Waals surface area contributed by atoms with Crippen molar-refractivity contribution in [3.05, 3.63) is 0 Å². The predicted octanol–water partition coefficient (Wildman–Crippen LogP) is 2.84. The van der Waals surface area contributed by atoms with Crippen molar-refractivity contribution in [1.29, 1.82) is 5.53 Å². The van der Waals surface area contributed by atoms with Gasteiger partial charge in [-0.3, -0.25) is 0 Å². The molecule has 0 bridgehead atoms. The molecule has 2 nitrogen and oxygen atoms in total. The van der Waals surface area contributed by atoms with Crippen LogP contribution in [0.5, 0.6) is 0 Å². The van der Waals surface area contributed by atoms with E-state index in [1.54, 1.807) is 0 Å². The van der Waals surface area contributed by atoms with Gasteiger partial charge in [-0.05, 0) is 18.8 Å². The molecule has 1 unspecified atom stereocenters. The molecule has 0 aromatic heterocycles. The molecule has 2 heteroatoms. The van der Waals surface area contributed by atoms with Gasteiger partial charge in [-0.2, -0.15) is 5.11 Å². The summed E-state index contributed by atoms with van der Waals surface area (Å²) in [4.78, 5) is 0. The summed E-state index contributed by atoms with van der Waals surface area (Å²) in [7, 11) is 0. The van der Waals surface area contributed by atoms with Crippen LogP contribution in [-0.4, -0.2) is 6.04 Å². The SMILES string of the molecule is CC(CC(C)(C)C)N=N. The maximum absolute atomic E-state index is 6.71. The Labute approximate surface area is 57.2 Å². The van der Waals surface area contributed by atoms with Crippen LogP contribution in [0.1, 0.15) is 34.1 Å². The van der Waals surface area contributed by atoms with Gasteiger partial charge < -0.3 is 0 Å². The van der Waals surface area contributed by atoms with Crippen LogP contribution in [0, 0.1) is 10.9 Å². The van der Waals surface area contributed by atoms with Crippen molar-refractivity contribution >= 4 is 0 Å². The summed E-state index contributed by atoms with van der Waals surface area (Å²) < 4.78 is 0. The zero-order valence-corrected chi connectivity index (χ0v) is 6.73. The highest BCUT2D eigenvalue weighted by atomic mass is 15.0. The third-order valence-corrected chi connectivity index (χ3v) is 1.13. The first kappa shape index (κ1) is 8.60. The molecule has 0 spiro atoms. The minimum Gasteiger partial charge on any atom is -0.210 e. The minimum atomic E-state index is 0.185. The fourth-order valence-corrected chi connectivity index (χ4v) is 0.932. The van der Waals surface area contributed by atoms with E-state index in [-0.39, 0.29) is 6.04 Å². The highest BCUT2D eigenvalue weighted by Gasteiger charge is 2.13. The molecule has 0 radical (unpaired) electrons. The third kappa shape index (κ3) is 5.47. The molecule has 54 valence electrons. The monoisotopic (exact) mass is 128 g/mol. The normalized spacial score (nSPS) is 15.1. The molecule has 0 heterocycles. The van der Waals surface area contributed by atoms with Gasteiger partial charge in [-0.1, -0.05) is 20.8 Å². The number of rotatable bonds is 2. The number of nitrogens with one attached hydrogen (secondary N) is 1.